The molecule has 1 N–H and O–H groups in total. The van der Waals surface area contributed by atoms with Crippen LogP contribution in [0, 0.1) is 0 Å². The first kappa shape index (κ1) is 21.7. The van der Waals surface area contributed by atoms with Crippen molar-refractivity contribution >= 4 is 28.4 Å². The quantitative estimate of drug-likeness (QED) is 0.765. The number of thiazole rings is 1. The van der Waals surface area contributed by atoms with E-state index in [-0.39, 0.29) is 18.4 Å². The third-order valence-corrected chi connectivity index (χ3v) is 6.67. The van der Waals surface area contributed by atoms with E-state index in [2.05, 4.69) is 51.4 Å². The number of anilines is 1. The fourth-order valence-corrected chi connectivity index (χ4v) is 4.59. The van der Waals surface area contributed by atoms with Gasteiger partial charge in [0, 0.05) is 64.3 Å². The minimum Gasteiger partial charge on any atom is -0.340 e. The summed E-state index contributed by atoms with van der Waals surface area (Å²) in [5, 5.41) is 5.29. The Kier molecular flexibility index (Phi) is 7.16. The highest BCUT2D eigenvalue weighted by Gasteiger charge is 2.23. The van der Waals surface area contributed by atoms with Gasteiger partial charge in [0.25, 0.3) is 0 Å². The minimum atomic E-state index is -0.116. The van der Waals surface area contributed by atoms with E-state index in [1.54, 1.807) is 4.90 Å². The lowest BCUT2D eigenvalue weighted by Crippen LogP contribution is -2.48. The fraction of sp³-hybridized carbons (Fsp3) is 0.500. The standard InChI is InChI=1S/C22H30N6O2S/c1-25-7-11-28(12-8-25)22(30)24-21-23-19(17-31-21)15-20(29)27-13-9-26(10-14-27)16-18-5-3-2-4-6-18/h2-6,17H,7-16H2,1H3,(H,23,24,30). The highest BCUT2D eigenvalue weighted by molar-refractivity contribution is 7.13. The molecule has 166 valence electrons. The number of carbonyl (C=O) groups excluding carboxylic acids is 2. The molecule has 2 aromatic rings. The van der Waals surface area contributed by atoms with E-state index in [1.807, 2.05) is 16.3 Å². The average Bonchev–Trinajstić information content (AvgIpc) is 3.22. The Morgan fingerprint density at radius 1 is 0.968 bits per heavy atom. The van der Waals surface area contributed by atoms with Crippen molar-refractivity contribution in [2.24, 2.45) is 0 Å². The van der Waals surface area contributed by atoms with Crippen molar-refractivity contribution in [2.45, 2.75) is 13.0 Å². The van der Waals surface area contributed by atoms with E-state index < -0.39 is 0 Å². The molecule has 0 aliphatic carbocycles. The lowest BCUT2D eigenvalue weighted by Gasteiger charge is -2.34. The van der Waals surface area contributed by atoms with Gasteiger partial charge in [0.05, 0.1) is 12.1 Å². The molecule has 0 atom stereocenters. The second-order valence-corrected chi connectivity index (χ2v) is 9.04. The number of nitrogens with one attached hydrogen (secondary N) is 1. The molecule has 8 nitrogen and oxygen atoms in total. The molecule has 0 spiro atoms. The predicted molar refractivity (Wildman–Crippen MR) is 122 cm³/mol. The minimum absolute atomic E-state index is 0.0987. The molecule has 1 aromatic carbocycles. The summed E-state index contributed by atoms with van der Waals surface area (Å²) in [6.45, 7) is 7.35. The predicted octanol–water partition coefficient (Wildman–Crippen LogP) is 1.81. The van der Waals surface area contributed by atoms with Crippen LogP contribution in [-0.2, 0) is 17.8 Å². The van der Waals surface area contributed by atoms with E-state index in [0.717, 1.165) is 64.6 Å². The van der Waals surface area contributed by atoms with Crippen LogP contribution in [-0.4, -0.2) is 95.9 Å². The van der Waals surface area contributed by atoms with Crippen LogP contribution in [0.5, 0.6) is 0 Å². The molecule has 0 saturated carbocycles. The zero-order chi connectivity index (χ0) is 21.6. The number of aromatic nitrogens is 1. The van der Waals surface area contributed by atoms with Gasteiger partial charge in [0.2, 0.25) is 5.91 Å². The van der Waals surface area contributed by atoms with Crippen molar-refractivity contribution in [1.29, 1.82) is 0 Å². The molecule has 0 unspecified atom stereocenters. The summed E-state index contributed by atoms with van der Waals surface area (Å²) in [7, 11) is 2.06. The number of benzene rings is 1. The van der Waals surface area contributed by atoms with Crippen LogP contribution in [0.1, 0.15) is 11.3 Å². The Hall–Kier alpha value is -2.49. The number of carbonyl (C=O) groups is 2. The number of rotatable bonds is 5. The van der Waals surface area contributed by atoms with Gasteiger partial charge in [0.1, 0.15) is 0 Å². The first-order valence-corrected chi connectivity index (χ1v) is 11.7. The summed E-state index contributed by atoms with van der Waals surface area (Å²) >= 11 is 1.37. The summed E-state index contributed by atoms with van der Waals surface area (Å²) in [6.07, 6.45) is 0.277. The molecule has 2 fully saturated rings. The Bertz CT molecular complexity index is 873. The third kappa shape index (κ3) is 6.03. The molecule has 0 radical (unpaired) electrons. The van der Waals surface area contributed by atoms with Gasteiger partial charge in [-0.05, 0) is 12.6 Å². The Balaban J connectivity index is 1.21. The lowest BCUT2D eigenvalue weighted by atomic mass is 10.2. The highest BCUT2D eigenvalue weighted by Crippen LogP contribution is 2.18. The zero-order valence-electron chi connectivity index (χ0n) is 18.0. The van der Waals surface area contributed by atoms with Gasteiger partial charge in [-0.1, -0.05) is 30.3 Å². The maximum atomic E-state index is 12.7. The zero-order valence-corrected chi connectivity index (χ0v) is 18.8. The van der Waals surface area contributed by atoms with Crippen molar-refractivity contribution in [3.63, 3.8) is 0 Å². The van der Waals surface area contributed by atoms with Crippen LogP contribution in [0.4, 0.5) is 9.93 Å². The van der Waals surface area contributed by atoms with Crippen molar-refractivity contribution in [3.8, 4) is 0 Å². The Morgan fingerprint density at radius 2 is 1.65 bits per heavy atom. The van der Waals surface area contributed by atoms with E-state index in [1.165, 1.54) is 16.9 Å². The third-order valence-electron chi connectivity index (χ3n) is 5.86. The monoisotopic (exact) mass is 442 g/mol. The van der Waals surface area contributed by atoms with Crippen molar-refractivity contribution in [3.05, 3.63) is 47.0 Å². The SMILES string of the molecule is CN1CCN(C(=O)Nc2nc(CC(=O)N3CCN(Cc4ccccc4)CC3)cs2)CC1. The van der Waals surface area contributed by atoms with Crippen molar-refractivity contribution < 1.29 is 9.59 Å². The summed E-state index contributed by atoms with van der Waals surface area (Å²) in [5.74, 6) is 0.0987. The molecule has 3 heterocycles. The molecule has 9 heteroatoms. The molecule has 2 aliphatic heterocycles. The number of likely N-dealkylation sites (N-methyl/N-ethyl adjacent to an activating group) is 1. The van der Waals surface area contributed by atoms with Crippen LogP contribution in [0.15, 0.2) is 35.7 Å². The number of amides is 3. The van der Waals surface area contributed by atoms with Gasteiger partial charge in [-0.25, -0.2) is 9.78 Å². The van der Waals surface area contributed by atoms with Gasteiger partial charge in [0.15, 0.2) is 5.13 Å². The molecule has 0 bridgehead atoms. The van der Waals surface area contributed by atoms with Crippen LogP contribution in [0.25, 0.3) is 0 Å². The lowest BCUT2D eigenvalue weighted by molar-refractivity contribution is -0.132. The average molecular weight is 443 g/mol. The van der Waals surface area contributed by atoms with Gasteiger partial charge in [-0.2, -0.15) is 0 Å². The largest absolute Gasteiger partial charge is 0.340 e. The number of piperazine rings is 2. The molecule has 31 heavy (non-hydrogen) atoms. The summed E-state index contributed by atoms with van der Waals surface area (Å²) in [6, 6.07) is 10.3. The fourth-order valence-electron chi connectivity index (χ4n) is 3.89. The van der Waals surface area contributed by atoms with Crippen LogP contribution in [0.2, 0.25) is 0 Å². The number of urea groups is 1. The second-order valence-electron chi connectivity index (χ2n) is 8.18. The molecule has 4 rings (SSSR count). The van der Waals surface area contributed by atoms with Crippen molar-refractivity contribution in [1.82, 2.24) is 24.6 Å². The molecule has 3 amide bonds. The first-order valence-electron chi connectivity index (χ1n) is 10.8. The molecular weight excluding hydrogens is 412 g/mol. The Labute approximate surface area is 187 Å². The highest BCUT2D eigenvalue weighted by atomic mass is 32.1. The van der Waals surface area contributed by atoms with E-state index in [0.29, 0.717) is 5.13 Å². The molecular formula is C22H30N6O2S. The van der Waals surface area contributed by atoms with Crippen LogP contribution in [0.3, 0.4) is 0 Å². The van der Waals surface area contributed by atoms with Crippen molar-refractivity contribution in [2.75, 3.05) is 64.7 Å². The maximum Gasteiger partial charge on any atom is 0.323 e. The van der Waals surface area contributed by atoms with E-state index >= 15 is 0 Å². The molecule has 1 aromatic heterocycles. The number of hydrogen-bond donors (Lipinski definition) is 1. The molecule has 2 saturated heterocycles. The Morgan fingerprint density at radius 3 is 2.35 bits per heavy atom. The topological polar surface area (TPSA) is 72.0 Å². The van der Waals surface area contributed by atoms with Gasteiger partial charge in [-0.3, -0.25) is 15.0 Å². The van der Waals surface area contributed by atoms with Crippen LogP contribution < -0.4 is 5.32 Å². The second kappa shape index (κ2) is 10.2. The number of nitrogens with zero attached hydrogens (tertiary/aromatic N) is 5. The summed E-state index contributed by atoms with van der Waals surface area (Å²) < 4.78 is 0. The smallest absolute Gasteiger partial charge is 0.323 e. The van der Waals surface area contributed by atoms with Crippen LogP contribution >= 0.6 is 11.3 Å². The maximum absolute atomic E-state index is 12.7. The molecule has 2 aliphatic rings. The normalized spacial score (nSPS) is 18.2. The first-order chi connectivity index (χ1) is 15.1. The van der Waals surface area contributed by atoms with Gasteiger partial charge in [-0.15, -0.1) is 11.3 Å². The number of hydrogen-bond acceptors (Lipinski definition) is 6. The van der Waals surface area contributed by atoms with E-state index in [4.69, 9.17) is 0 Å². The summed E-state index contributed by atoms with van der Waals surface area (Å²) in [5.41, 5.74) is 2.02. The van der Waals surface area contributed by atoms with Gasteiger partial charge >= 0.3 is 6.03 Å². The summed E-state index contributed by atoms with van der Waals surface area (Å²) in [4.78, 5) is 37.9. The van der Waals surface area contributed by atoms with Gasteiger partial charge < -0.3 is 14.7 Å². The van der Waals surface area contributed by atoms with E-state index in [9.17, 15) is 9.59 Å².